The second-order valence-corrected chi connectivity index (χ2v) is 7.44. The molecular weight excluding hydrogens is 466 g/mol. The van der Waals surface area contributed by atoms with Crippen LogP contribution in [0.25, 0.3) is 0 Å². The molecule has 3 heterocycles. The Balaban J connectivity index is 0.000000324. The number of piperidine rings is 1. The lowest BCUT2D eigenvalue weighted by Gasteiger charge is -2.49. The number of hydrogen-bond acceptors (Lipinski definition) is 6. The summed E-state index contributed by atoms with van der Waals surface area (Å²) >= 11 is 0. The van der Waals surface area contributed by atoms with Gasteiger partial charge in [0.15, 0.2) is 0 Å². The number of carboxylic acids is 2. The number of pyridine rings is 1. The molecule has 188 valence electrons. The third kappa shape index (κ3) is 9.82. The van der Waals surface area contributed by atoms with E-state index in [0.29, 0.717) is 6.10 Å². The van der Waals surface area contributed by atoms with Gasteiger partial charge in [-0.1, -0.05) is 0 Å². The fraction of sp³-hybridized carbons (Fsp3) is 0.632. The van der Waals surface area contributed by atoms with Gasteiger partial charge in [-0.3, -0.25) is 4.98 Å². The van der Waals surface area contributed by atoms with Crippen LogP contribution in [0.1, 0.15) is 19.3 Å². The first-order valence-corrected chi connectivity index (χ1v) is 9.60. The van der Waals surface area contributed by atoms with E-state index in [0.717, 1.165) is 44.9 Å². The number of aromatic nitrogens is 1. The maximum Gasteiger partial charge on any atom is 0.490 e. The van der Waals surface area contributed by atoms with Crippen LogP contribution in [0, 0.1) is 5.41 Å². The standard InChI is InChI=1S/C15H22N2O2.2C2HF3O2/c1-17-8-5-14-15(11-17,6-3-9-18-14)12-19-13-4-2-7-16-10-13;2*3-2(4,5)1(6)7/h2,4,7,10,14H,3,5-6,8-9,11-12H2,1H3;2*(H,6,7). The van der Waals surface area contributed by atoms with Crippen molar-refractivity contribution in [1.82, 2.24) is 9.88 Å². The number of nitrogens with zero attached hydrogens (tertiary/aromatic N) is 2. The number of aliphatic carboxylic acids is 2. The first-order chi connectivity index (χ1) is 15.2. The minimum absolute atomic E-state index is 0.154. The minimum Gasteiger partial charge on any atom is -0.491 e. The van der Waals surface area contributed by atoms with Gasteiger partial charge in [-0.25, -0.2) is 9.59 Å². The lowest BCUT2D eigenvalue weighted by molar-refractivity contribution is -0.193. The van der Waals surface area contributed by atoms with Crippen LogP contribution in [-0.2, 0) is 14.3 Å². The number of carboxylic acid groups (broad SMARTS) is 2. The number of ether oxygens (including phenoxy) is 2. The number of hydrogen-bond donors (Lipinski definition) is 2. The van der Waals surface area contributed by atoms with E-state index in [2.05, 4.69) is 16.9 Å². The average molecular weight is 490 g/mol. The number of alkyl halides is 6. The van der Waals surface area contributed by atoms with Crippen molar-refractivity contribution in [2.75, 3.05) is 33.4 Å². The van der Waals surface area contributed by atoms with Crippen LogP contribution in [-0.4, -0.2) is 83.8 Å². The molecule has 2 N–H and O–H groups in total. The van der Waals surface area contributed by atoms with Crippen molar-refractivity contribution >= 4 is 11.9 Å². The molecule has 1 aromatic heterocycles. The molecule has 0 saturated carbocycles. The molecule has 8 nitrogen and oxygen atoms in total. The number of likely N-dealkylation sites (tertiary alicyclic amines) is 1. The highest BCUT2D eigenvalue weighted by Crippen LogP contribution is 2.40. The summed E-state index contributed by atoms with van der Waals surface area (Å²) in [6.45, 7) is 3.83. The smallest absolute Gasteiger partial charge is 0.490 e. The molecule has 2 aliphatic rings. The Kier molecular flexibility index (Phi) is 10.4. The van der Waals surface area contributed by atoms with Crippen molar-refractivity contribution in [3.05, 3.63) is 24.5 Å². The van der Waals surface area contributed by atoms with E-state index in [4.69, 9.17) is 29.3 Å². The molecular formula is C19H24F6N2O6. The maximum atomic E-state index is 10.6. The van der Waals surface area contributed by atoms with Crippen LogP contribution in [0.5, 0.6) is 5.75 Å². The predicted octanol–water partition coefficient (Wildman–Crippen LogP) is 3.23. The Morgan fingerprint density at radius 2 is 1.79 bits per heavy atom. The maximum absolute atomic E-state index is 10.6. The van der Waals surface area contributed by atoms with Gasteiger partial charge < -0.3 is 24.6 Å². The van der Waals surface area contributed by atoms with Gasteiger partial charge in [0, 0.05) is 31.3 Å². The molecule has 2 fully saturated rings. The van der Waals surface area contributed by atoms with E-state index in [1.807, 2.05) is 12.1 Å². The molecule has 14 heteroatoms. The van der Waals surface area contributed by atoms with Crippen LogP contribution in [0.2, 0.25) is 0 Å². The van der Waals surface area contributed by atoms with Gasteiger partial charge in [0.2, 0.25) is 0 Å². The van der Waals surface area contributed by atoms with E-state index in [1.54, 1.807) is 12.4 Å². The Bertz CT molecular complexity index is 737. The van der Waals surface area contributed by atoms with Crippen LogP contribution in [0.3, 0.4) is 0 Å². The summed E-state index contributed by atoms with van der Waals surface area (Å²) < 4.78 is 75.5. The molecule has 0 bridgehead atoms. The SMILES string of the molecule is CN1CCC2OCCCC2(COc2cccnc2)C1.O=C(O)C(F)(F)F.O=C(O)C(F)(F)F. The third-order valence-corrected chi connectivity index (χ3v) is 4.82. The first kappa shape index (κ1) is 28.4. The Labute approximate surface area is 185 Å². The Morgan fingerprint density at radius 1 is 1.21 bits per heavy atom. The molecule has 0 aromatic carbocycles. The lowest BCUT2D eigenvalue weighted by atomic mass is 9.73. The normalized spacial score (nSPS) is 23.1. The topological polar surface area (TPSA) is 109 Å². The molecule has 1 aromatic rings. The number of carbonyl (C=O) groups is 2. The van der Waals surface area contributed by atoms with Crippen molar-refractivity contribution in [2.45, 2.75) is 37.7 Å². The average Bonchev–Trinajstić information content (AvgIpc) is 2.72. The summed E-state index contributed by atoms with van der Waals surface area (Å²) in [5, 5.41) is 14.2. The van der Waals surface area contributed by atoms with Crippen LogP contribution in [0.15, 0.2) is 24.5 Å². The molecule has 0 radical (unpaired) electrons. The molecule has 2 unspecified atom stereocenters. The Morgan fingerprint density at radius 3 is 2.27 bits per heavy atom. The van der Waals surface area contributed by atoms with Gasteiger partial charge in [0.1, 0.15) is 5.75 Å². The molecule has 33 heavy (non-hydrogen) atoms. The molecule has 2 atom stereocenters. The van der Waals surface area contributed by atoms with E-state index in [-0.39, 0.29) is 5.41 Å². The molecule has 2 saturated heterocycles. The predicted molar refractivity (Wildman–Crippen MR) is 101 cm³/mol. The van der Waals surface area contributed by atoms with Crippen molar-refractivity contribution in [1.29, 1.82) is 0 Å². The molecule has 0 spiro atoms. The van der Waals surface area contributed by atoms with E-state index in [9.17, 15) is 26.3 Å². The molecule has 0 aliphatic carbocycles. The highest BCUT2D eigenvalue weighted by atomic mass is 19.4. The van der Waals surface area contributed by atoms with E-state index in [1.165, 1.54) is 6.42 Å². The second-order valence-electron chi connectivity index (χ2n) is 7.44. The zero-order valence-corrected chi connectivity index (χ0v) is 17.5. The lowest BCUT2D eigenvalue weighted by Crippen LogP contribution is -2.56. The Hall–Kier alpha value is -2.61. The monoisotopic (exact) mass is 490 g/mol. The third-order valence-electron chi connectivity index (χ3n) is 4.82. The van der Waals surface area contributed by atoms with E-state index >= 15 is 0 Å². The van der Waals surface area contributed by atoms with Gasteiger partial charge in [-0.2, -0.15) is 26.3 Å². The number of fused-ring (bicyclic) bond motifs is 1. The largest absolute Gasteiger partial charge is 0.491 e. The van der Waals surface area contributed by atoms with Gasteiger partial charge in [-0.05, 0) is 38.4 Å². The fourth-order valence-electron chi connectivity index (χ4n) is 3.38. The minimum atomic E-state index is -5.08. The van der Waals surface area contributed by atoms with Crippen molar-refractivity contribution in [2.24, 2.45) is 5.41 Å². The van der Waals surface area contributed by atoms with Gasteiger partial charge in [0.25, 0.3) is 0 Å². The summed E-state index contributed by atoms with van der Waals surface area (Å²) in [5.74, 6) is -4.66. The summed E-state index contributed by atoms with van der Waals surface area (Å²) in [6, 6.07) is 3.88. The second kappa shape index (κ2) is 12.0. The number of halogens is 6. The highest BCUT2D eigenvalue weighted by Gasteiger charge is 2.46. The number of rotatable bonds is 3. The molecule has 0 amide bonds. The van der Waals surface area contributed by atoms with Gasteiger partial charge in [0.05, 0.1) is 18.9 Å². The van der Waals surface area contributed by atoms with Crippen LogP contribution in [0.4, 0.5) is 26.3 Å². The fourth-order valence-corrected chi connectivity index (χ4v) is 3.38. The van der Waals surface area contributed by atoms with Crippen molar-refractivity contribution < 1.29 is 55.6 Å². The summed E-state index contributed by atoms with van der Waals surface area (Å²) in [4.78, 5) is 24.3. The summed E-state index contributed by atoms with van der Waals surface area (Å²) in [6.07, 6.45) is -2.81. The molecule has 3 rings (SSSR count). The highest BCUT2D eigenvalue weighted by molar-refractivity contribution is 5.73. The van der Waals surface area contributed by atoms with Gasteiger partial charge in [-0.15, -0.1) is 0 Å². The van der Waals surface area contributed by atoms with Crippen LogP contribution >= 0.6 is 0 Å². The zero-order valence-electron chi connectivity index (χ0n) is 17.5. The van der Waals surface area contributed by atoms with Crippen molar-refractivity contribution in [3.8, 4) is 5.75 Å². The quantitative estimate of drug-likeness (QED) is 0.622. The van der Waals surface area contributed by atoms with E-state index < -0.39 is 24.3 Å². The van der Waals surface area contributed by atoms with Gasteiger partial charge >= 0.3 is 24.3 Å². The molecule has 2 aliphatic heterocycles. The summed E-state index contributed by atoms with van der Waals surface area (Å²) in [7, 11) is 2.19. The first-order valence-electron chi connectivity index (χ1n) is 9.60. The van der Waals surface area contributed by atoms with Crippen LogP contribution < -0.4 is 4.74 Å². The summed E-state index contributed by atoms with van der Waals surface area (Å²) in [5.41, 5.74) is 0.154. The van der Waals surface area contributed by atoms with Crippen molar-refractivity contribution in [3.63, 3.8) is 0 Å². The zero-order chi connectivity index (χ0) is 25.3.